The van der Waals surface area contributed by atoms with Gasteiger partial charge in [0.25, 0.3) is 0 Å². The molecule has 0 fully saturated rings. The summed E-state index contributed by atoms with van der Waals surface area (Å²) in [7, 11) is 0. The van der Waals surface area contributed by atoms with Crippen LogP contribution in [0.1, 0.15) is 40.1 Å². The maximum Gasteiger partial charge on any atom is 0.308 e. The van der Waals surface area contributed by atoms with Crippen molar-refractivity contribution < 1.29 is 28.7 Å². The lowest BCUT2D eigenvalue weighted by molar-refractivity contribution is -0.132. The summed E-state index contributed by atoms with van der Waals surface area (Å²) < 4.78 is 9.99. The van der Waals surface area contributed by atoms with Crippen molar-refractivity contribution in [1.29, 1.82) is 0 Å². The summed E-state index contributed by atoms with van der Waals surface area (Å²) in [5.41, 5.74) is 0.989. The molecule has 0 aliphatic heterocycles. The number of benzene rings is 2. The zero-order valence-electron chi connectivity index (χ0n) is 14.1. The van der Waals surface area contributed by atoms with E-state index >= 15 is 0 Å². The van der Waals surface area contributed by atoms with Gasteiger partial charge in [-0.1, -0.05) is 24.3 Å². The Morgan fingerprint density at radius 3 is 2.12 bits per heavy atom. The summed E-state index contributed by atoms with van der Waals surface area (Å²) in [5, 5.41) is 0. The molecule has 0 N–H and O–H groups in total. The molecule has 0 radical (unpaired) electrons. The molecule has 0 atom stereocenters. The van der Waals surface area contributed by atoms with Crippen LogP contribution in [0.2, 0.25) is 0 Å². The lowest BCUT2D eigenvalue weighted by Crippen LogP contribution is -2.18. The van der Waals surface area contributed by atoms with Gasteiger partial charge < -0.3 is 9.47 Å². The van der Waals surface area contributed by atoms with E-state index in [-0.39, 0.29) is 28.2 Å². The summed E-state index contributed by atoms with van der Waals surface area (Å²) in [6.45, 7) is 2.51. The Morgan fingerprint density at radius 2 is 1.50 bits per heavy atom. The minimum atomic E-state index is -0.575. The van der Waals surface area contributed by atoms with Gasteiger partial charge in [-0.15, -0.1) is 0 Å². The largest absolute Gasteiger partial charge is 0.427 e. The van der Waals surface area contributed by atoms with Crippen LogP contribution < -0.4 is 9.47 Å². The molecule has 0 amide bonds. The Kier molecular flexibility index (Phi) is 4.49. The Balaban J connectivity index is 1.99. The highest BCUT2D eigenvalue weighted by Gasteiger charge is 2.29. The maximum absolute atomic E-state index is 12.8. The zero-order chi connectivity index (χ0) is 18.8. The first-order valence-corrected chi connectivity index (χ1v) is 7.78. The summed E-state index contributed by atoms with van der Waals surface area (Å²) >= 11 is 0. The number of allylic oxidation sites excluding steroid dienone is 2. The van der Waals surface area contributed by atoms with Crippen molar-refractivity contribution in [3.63, 3.8) is 0 Å². The molecule has 0 saturated heterocycles. The van der Waals surface area contributed by atoms with Gasteiger partial charge in [0, 0.05) is 25.0 Å². The molecular weight excluding hydrogens is 336 g/mol. The van der Waals surface area contributed by atoms with E-state index in [9.17, 15) is 19.2 Å². The SMILES string of the molecule is CC(=O)Oc1ccc(C2=CC(=O)c3c(OC(C)=O)cccc3C2=O)cc1. The van der Waals surface area contributed by atoms with Gasteiger partial charge in [-0.3, -0.25) is 19.2 Å². The van der Waals surface area contributed by atoms with Crippen LogP contribution in [-0.4, -0.2) is 23.5 Å². The molecule has 0 heterocycles. The minimum Gasteiger partial charge on any atom is -0.427 e. The molecule has 3 rings (SSSR count). The van der Waals surface area contributed by atoms with Crippen molar-refractivity contribution in [2.45, 2.75) is 13.8 Å². The van der Waals surface area contributed by atoms with Gasteiger partial charge in [-0.2, -0.15) is 0 Å². The molecule has 0 unspecified atom stereocenters. The van der Waals surface area contributed by atoms with Crippen LogP contribution in [0, 0.1) is 0 Å². The molecule has 6 nitrogen and oxygen atoms in total. The second-order valence-corrected chi connectivity index (χ2v) is 5.64. The summed E-state index contributed by atoms with van der Waals surface area (Å²) in [5.74, 6) is -1.39. The predicted octanol–water partition coefficient (Wildman–Crippen LogP) is 3.00. The van der Waals surface area contributed by atoms with E-state index in [1.165, 1.54) is 32.1 Å². The van der Waals surface area contributed by atoms with Gasteiger partial charge in [0.05, 0.1) is 5.56 Å². The molecule has 6 heteroatoms. The molecule has 1 aliphatic carbocycles. The van der Waals surface area contributed by atoms with Gasteiger partial charge in [-0.25, -0.2) is 0 Å². The van der Waals surface area contributed by atoms with Gasteiger partial charge in [0.15, 0.2) is 11.6 Å². The minimum absolute atomic E-state index is 0.0638. The fourth-order valence-corrected chi connectivity index (χ4v) is 2.71. The molecule has 130 valence electrons. The molecule has 26 heavy (non-hydrogen) atoms. The Morgan fingerprint density at radius 1 is 0.846 bits per heavy atom. The van der Waals surface area contributed by atoms with E-state index in [2.05, 4.69) is 0 Å². The second-order valence-electron chi connectivity index (χ2n) is 5.64. The molecule has 0 spiro atoms. The van der Waals surface area contributed by atoms with E-state index in [1.54, 1.807) is 30.3 Å². The Hall–Kier alpha value is -3.54. The van der Waals surface area contributed by atoms with E-state index in [0.717, 1.165) is 0 Å². The first kappa shape index (κ1) is 17.3. The highest BCUT2D eigenvalue weighted by atomic mass is 16.5. The van der Waals surface area contributed by atoms with Crippen LogP contribution in [-0.2, 0) is 9.59 Å². The van der Waals surface area contributed by atoms with E-state index in [1.807, 2.05) is 0 Å². The monoisotopic (exact) mass is 350 g/mol. The van der Waals surface area contributed by atoms with Crippen molar-refractivity contribution in [2.75, 3.05) is 0 Å². The number of ketones is 2. The fourth-order valence-electron chi connectivity index (χ4n) is 2.71. The zero-order valence-corrected chi connectivity index (χ0v) is 14.1. The van der Waals surface area contributed by atoms with Gasteiger partial charge in [0.1, 0.15) is 11.5 Å². The standard InChI is InChI=1S/C20H14O6/c1-11(21)25-14-8-6-13(7-9-14)16-10-17(23)19-15(20(16)24)4-3-5-18(19)26-12(2)22/h3-10H,1-2H3. The van der Waals surface area contributed by atoms with Crippen molar-refractivity contribution in [2.24, 2.45) is 0 Å². The van der Waals surface area contributed by atoms with Gasteiger partial charge in [-0.05, 0) is 29.8 Å². The second kappa shape index (κ2) is 6.76. The Bertz CT molecular complexity index is 966. The average Bonchev–Trinajstić information content (AvgIpc) is 2.58. The quantitative estimate of drug-likeness (QED) is 0.625. The van der Waals surface area contributed by atoms with Crippen LogP contribution in [0.4, 0.5) is 0 Å². The molecular formula is C20H14O6. The van der Waals surface area contributed by atoms with Crippen LogP contribution in [0.5, 0.6) is 11.5 Å². The Labute approximate surface area is 149 Å². The predicted molar refractivity (Wildman–Crippen MR) is 92.1 cm³/mol. The lowest BCUT2D eigenvalue weighted by atomic mass is 9.86. The number of hydrogen-bond acceptors (Lipinski definition) is 6. The number of Topliss-reactive ketones (excluding diaryl/α,β-unsaturated/α-hetero) is 1. The number of rotatable bonds is 3. The number of esters is 2. The molecule has 2 aromatic rings. The van der Waals surface area contributed by atoms with Crippen molar-refractivity contribution >= 4 is 29.1 Å². The normalized spacial score (nSPS) is 12.9. The molecule has 2 aromatic carbocycles. The number of hydrogen-bond donors (Lipinski definition) is 0. The van der Waals surface area contributed by atoms with Crippen molar-refractivity contribution in [1.82, 2.24) is 0 Å². The van der Waals surface area contributed by atoms with Crippen molar-refractivity contribution in [3.8, 4) is 11.5 Å². The van der Waals surface area contributed by atoms with Gasteiger partial charge in [0.2, 0.25) is 0 Å². The number of carbonyl (C=O) groups is 4. The van der Waals surface area contributed by atoms with Crippen LogP contribution in [0.15, 0.2) is 48.5 Å². The number of carbonyl (C=O) groups excluding carboxylic acids is 4. The number of fused-ring (bicyclic) bond motifs is 1. The molecule has 1 aliphatic rings. The van der Waals surface area contributed by atoms with E-state index < -0.39 is 17.7 Å². The lowest BCUT2D eigenvalue weighted by Gasteiger charge is -2.17. The van der Waals surface area contributed by atoms with Crippen molar-refractivity contribution in [3.05, 3.63) is 65.2 Å². The highest BCUT2D eigenvalue weighted by molar-refractivity contribution is 6.39. The third kappa shape index (κ3) is 3.30. The molecule has 0 aromatic heterocycles. The molecule has 0 bridgehead atoms. The third-order valence-electron chi connectivity index (χ3n) is 3.72. The fraction of sp³-hybridized carbons (Fsp3) is 0.100. The van der Waals surface area contributed by atoms with E-state index in [4.69, 9.17) is 9.47 Å². The van der Waals surface area contributed by atoms with Crippen LogP contribution in [0.25, 0.3) is 5.57 Å². The topological polar surface area (TPSA) is 86.7 Å². The number of ether oxygens (including phenoxy) is 2. The smallest absolute Gasteiger partial charge is 0.308 e. The van der Waals surface area contributed by atoms with E-state index in [0.29, 0.717) is 11.3 Å². The first-order valence-electron chi connectivity index (χ1n) is 7.78. The summed E-state index contributed by atoms with van der Waals surface area (Å²) in [6.07, 6.45) is 1.22. The summed E-state index contributed by atoms with van der Waals surface area (Å²) in [6, 6.07) is 10.8. The first-order chi connectivity index (χ1) is 12.4. The van der Waals surface area contributed by atoms with Gasteiger partial charge >= 0.3 is 11.9 Å². The summed E-state index contributed by atoms with van der Waals surface area (Å²) in [4.78, 5) is 47.5. The maximum atomic E-state index is 12.8. The third-order valence-corrected chi connectivity index (χ3v) is 3.72. The average molecular weight is 350 g/mol. The highest BCUT2D eigenvalue weighted by Crippen LogP contribution is 2.33. The molecule has 0 saturated carbocycles. The van der Waals surface area contributed by atoms with Crippen LogP contribution in [0.3, 0.4) is 0 Å². The van der Waals surface area contributed by atoms with Crippen LogP contribution >= 0.6 is 0 Å².